The van der Waals surface area contributed by atoms with Gasteiger partial charge in [0.15, 0.2) is 8.32 Å². The van der Waals surface area contributed by atoms with Crippen LogP contribution in [0, 0.1) is 0 Å². The maximum Gasteiger partial charge on any atom is 0.186 e. The fraction of sp³-hybridized carbons (Fsp3) is 0.789. The average molecular weight is 1120 g/mol. The van der Waals surface area contributed by atoms with Crippen molar-refractivity contribution in [2.45, 2.75) is 129 Å². The predicted molar refractivity (Wildman–Crippen MR) is 349 cm³/mol. The molecule has 0 heterocycles. The van der Waals surface area contributed by atoms with Crippen molar-refractivity contribution < 1.29 is 4.43 Å². The Bertz CT molecular complexity index is 1080. The van der Waals surface area contributed by atoms with Crippen LogP contribution >= 0.6 is 70.6 Å². The van der Waals surface area contributed by atoms with E-state index in [-0.39, 0.29) is 14.9 Å². The lowest BCUT2D eigenvalue weighted by atomic mass is 10.3. The zero-order chi connectivity index (χ0) is 51.7. The van der Waals surface area contributed by atoms with Crippen LogP contribution in [0.1, 0.15) is 73.1 Å². The molecule has 0 N–H and O–H groups in total. The van der Waals surface area contributed by atoms with E-state index in [1.165, 1.54) is 131 Å². The van der Waals surface area contributed by atoms with Crippen molar-refractivity contribution in [1.29, 1.82) is 0 Å². The Labute approximate surface area is 471 Å². The van der Waals surface area contributed by atoms with E-state index < -0.39 is 8.32 Å². The number of thioether (sulfide) groups is 6. The first-order chi connectivity index (χ1) is 33.5. The number of hydrogen-bond donors (Lipinski definition) is 0. The summed E-state index contributed by atoms with van der Waals surface area (Å²) < 4.78 is 5.38. The maximum absolute atomic E-state index is 5.38. The SMILES string of the molecule is C.C.C=CCN(CC=C)C1C(N(CC=C)CC=C)C1N(CC=C)CC=C.CCCC[Si](C)(C)OC.CSCCCN(CCCSC)C1C(N(CCCSC)CCCSC)C1N(CCCSC)CCCSC. The standard InChI is InChI=1S/C27H57N3S6.C21H33N3.C7H18OSi.2CH4/c1-31-19-7-13-28(14-8-20-32-2)25-26(29(15-9-21-33-3)16-10-22-34-4)27(25)30(17-11-23-35-5)18-12-24-36-6;1-7-13-22(14-8-2)19-20(23(15-9-3)16-10-4)21(19)24(17-11-5)18-12-6;1-5-6-7-9(3,4)8-2;;/h25-27H,7-24H2,1-6H3;7-12,19-21H,1-6,13-18H2;5-7H2,1-4H3;2*1H4. The van der Waals surface area contributed by atoms with Crippen LogP contribution in [-0.2, 0) is 4.43 Å². The van der Waals surface area contributed by atoms with Gasteiger partial charge in [0.05, 0.1) is 0 Å². The van der Waals surface area contributed by atoms with Crippen molar-refractivity contribution in [1.82, 2.24) is 29.4 Å². The summed E-state index contributed by atoms with van der Waals surface area (Å²) in [6, 6.07) is 4.77. The van der Waals surface area contributed by atoms with Crippen LogP contribution in [0.25, 0.3) is 0 Å². The number of unbranched alkanes of at least 4 members (excludes halogenated alkanes) is 1. The second-order valence-corrected chi connectivity index (χ2v) is 29.1. The highest BCUT2D eigenvalue weighted by molar-refractivity contribution is 7.99. The zero-order valence-electron chi connectivity index (χ0n) is 46.3. The van der Waals surface area contributed by atoms with Gasteiger partial charge in [0.1, 0.15) is 0 Å². The van der Waals surface area contributed by atoms with Gasteiger partial charge in [0, 0.05) is 82.6 Å². The fourth-order valence-corrected chi connectivity index (χ4v) is 13.4. The lowest BCUT2D eigenvalue weighted by Crippen LogP contribution is -2.37. The molecular weight excluding hydrogens is 1010 g/mol. The van der Waals surface area contributed by atoms with E-state index in [1.54, 1.807) is 0 Å². The highest BCUT2D eigenvalue weighted by Crippen LogP contribution is 2.41. The van der Waals surface area contributed by atoms with Crippen molar-refractivity contribution >= 4 is 78.9 Å². The molecule has 0 amide bonds. The van der Waals surface area contributed by atoms with Crippen LogP contribution < -0.4 is 0 Å². The van der Waals surface area contributed by atoms with Gasteiger partial charge in [0.2, 0.25) is 0 Å². The molecule has 14 heteroatoms. The third-order valence-corrected chi connectivity index (χ3v) is 19.8. The molecule has 0 unspecified atom stereocenters. The first kappa shape index (κ1) is 75.7. The first-order valence-corrected chi connectivity index (χ1v) is 37.6. The van der Waals surface area contributed by atoms with Gasteiger partial charge < -0.3 is 4.43 Å². The first-order valence-electron chi connectivity index (χ1n) is 26.1. The van der Waals surface area contributed by atoms with Crippen molar-refractivity contribution in [2.24, 2.45) is 0 Å². The van der Waals surface area contributed by atoms with Crippen LogP contribution in [0.5, 0.6) is 0 Å². The number of nitrogens with zero attached hydrogens (tertiary/aromatic N) is 6. The summed E-state index contributed by atoms with van der Waals surface area (Å²) in [5.41, 5.74) is 0. The lowest BCUT2D eigenvalue weighted by molar-refractivity contribution is 0.200. The van der Waals surface area contributed by atoms with Crippen LogP contribution in [-0.4, -0.2) is 232 Å². The van der Waals surface area contributed by atoms with Crippen LogP contribution in [0.4, 0.5) is 0 Å². The molecular formula is C57H116N6OS6Si. The van der Waals surface area contributed by atoms with Crippen molar-refractivity contribution in [3.8, 4) is 0 Å². The van der Waals surface area contributed by atoms with E-state index in [0.29, 0.717) is 18.1 Å². The van der Waals surface area contributed by atoms with Crippen LogP contribution in [0.3, 0.4) is 0 Å². The third kappa shape index (κ3) is 32.7. The summed E-state index contributed by atoms with van der Waals surface area (Å²) in [6.07, 6.45) is 36.0. The van der Waals surface area contributed by atoms with Gasteiger partial charge in [-0.25, -0.2) is 0 Å². The molecule has 0 aromatic rings. The molecule has 0 radical (unpaired) electrons. The summed E-state index contributed by atoms with van der Waals surface area (Å²) in [4.78, 5) is 16.1. The van der Waals surface area contributed by atoms with Crippen molar-refractivity contribution in [2.75, 3.05) is 158 Å². The molecule has 7 nitrogen and oxygen atoms in total. The van der Waals surface area contributed by atoms with E-state index in [4.69, 9.17) is 4.43 Å². The van der Waals surface area contributed by atoms with Gasteiger partial charge in [0.25, 0.3) is 0 Å². The molecule has 2 saturated carbocycles. The Hall–Kier alpha value is 0.477. The van der Waals surface area contributed by atoms with E-state index >= 15 is 0 Å². The molecule has 0 aliphatic heterocycles. The molecule has 71 heavy (non-hydrogen) atoms. The maximum atomic E-state index is 5.38. The van der Waals surface area contributed by atoms with E-state index in [2.05, 4.69) is 126 Å². The summed E-state index contributed by atoms with van der Waals surface area (Å²) in [7, 11) is 0.637. The van der Waals surface area contributed by atoms with Gasteiger partial charge in [-0.05, 0) is 169 Å². The van der Waals surface area contributed by atoms with E-state index in [9.17, 15) is 0 Å². The molecule has 0 bridgehead atoms. The average Bonchev–Trinajstić information content (AvgIpc) is 4.27. The minimum absolute atomic E-state index is 0. The molecule has 2 rings (SSSR count). The van der Waals surface area contributed by atoms with E-state index in [0.717, 1.165) is 57.4 Å². The molecule has 2 fully saturated rings. The second kappa shape index (κ2) is 50.0. The van der Waals surface area contributed by atoms with Crippen LogP contribution in [0.2, 0.25) is 19.1 Å². The molecule has 420 valence electrons. The summed E-state index contributed by atoms with van der Waals surface area (Å²) in [5, 5.41) is 0. The molecule has 0 spiro atoms. The van der Waals surface area contributed by atoms with Crippen LogP contribution in [0.15, 0.2) is 75.9 Å². The Kier molecular flexibility index (Phi) is 53.3. The zero-order valence-corrected chi connectivity index (χ0v) is 52.2. The third-order valence-electron chi connectivity index (χ3n) is 13.0. The monoisotopic (exact) mass is 1120 g/mol. The summed E-state index contributed by atoms with van der Waals surface area (Å²) in [5.74, 6) is 7.73. The Morgan fingerprint density at radius 2 is 0.577 bits per heavy atom. The van der Waals surface area contributed by atoms with Gasteiger partial charge in [-0.15, -0.1) is 39.5 Å². The molecule has 0 aromatic heterocycles. The molecule has 2 aliphatic rings. The predicted octanol–water partition coefficient (Wildman–Crippen LogP) is 13.6. The smallest absolute Gasteiger partial charge is 0.186 e. The number of hydrogen-bond acceptors (Lipinski definition) is 13. The molecule has 0 atom stereocenters. The Morgan fingerprint density at radius 3 is 0.732 bits per heavy atom. The normalized spacial score (nSPS) is 19.1. The van der Waals surface area contributed by atoms with Gasteiger partial charge in [-0.3, -0.25) is 29.4 Å². The summed E-state index contributed by atoms with van der Waals surface area (Å²) in [6.45, 7) is 43.0. The summed E-state index contributed by atoms with van der Waals surface area (Å²) >= 11 is 12.1. The number of rotatable bonds is 46. The highest BCUT2D eigenvalue weighted by Gasteiger charge is 2.59. The lowest BCUT2D eigenvalue weighted by Gasteiger charge is -2.27. The van der Waals surface area contributed by atoms with Crippen molar-refractivity contribution in [3.63, 3.8) is 0 Å². The van der Waals surface area contributed by atoms with Gasteiger partial charge >= 0.3 is 0 Å². The Balaban J connectivity index is -0.00000113. The fourth-order valence-electron chi connectivity index (χ4n) is 9.48. The van der Waals surface area contributed by atoms with E-state index in [1.807, 2.05) is 114 Å². The second-order valence-electron chi connectivity index (χ2n) is 18.8. The largest absolute Gasteiger partial charge is 0.420 e. The highest BCUT2D eigenvalue weighted by atomic mass is 32.2. The molecule has 2 aliphatic carbocycles. The molecule has 0 saturated heterocycles. The minimum Gasteiger partial charge on any atom is -0.420 e. The van der Waals surface area contributed by atoms with Gasteiger partial charge in [-0.1, -0.05) is 71.1 Å². The quantitative estimate of drug-likeness (QED) is 0.0330. The van der Waals surface area contributed by atoms with Gasteiger partial charge in [-0.2, -0.15) is 70.6 Å². The van der Waals surface area contributed by atoms with Crippen molar-refractivity contribution in [3.05, 3.63) is 75.9 Å². The molecule has 0 aromatic carbocycles. The topological polar surface area (TPSA) is 28.7 Å². The Morgan fingerprint density at radius 1 is 0.380 bits per heavy atom. The minimum atomic E-state index is -1.20.